The maximum atomic E-state index is 13.5. The molecule has 1 aliphatic heterocycles. The van der Waals surface area contributed by atoms with E-state index in [0.29, 0.717) is 18.8 Å². The molecule has 1 saturated heterocycles. The Hall–Kier alpha value is -1.82. The van der Waals surface area contributed by atoms with Crippen molar-refractivity contribution in [2.75, 3.05) is 23.7 Å². The van der Waals surface area contributed by atoms with Crippen molar-refractivity contribution in [3.8, 4) is 0 Å². The molecule has 0 saturated carbocycles. The second kappa shape index (κ2) is 4.94. The number of hydrogen-bond donors (Lipinski definition) is 2. The average molecular weight is 282 g/mol. The van der Waals surface area contributed by atoms with Crippen LogP contribution in [0.1, 0.15) is 31.1 Å². The number of carboxylic acid groups (broad SMARTS) is 1. The second-order valence-corrected chi connectivity index (χ2v) is 5.73. The van der Waals surface area contributed by atoms with Gasteiger partial charge in [-0.05, 0) is 32.9 Å². The average Bonchev–Trinajstić information content (AvgIpc) is 2.29. The van der Waals surface area contributed by atoms with Crippen LogP contribution in [0.5, 0.6) is 0 Å². The van der Waals surface area contributed by atoms with Gasteiger partial charge in [0.05, 0.1) is 23.1 Å². The summed E-state index contributed by atoms with van der Waals surface area (Å²) < 4.78 is 19.3. The van der Waals surface area contributed by atoms with Crippen molar-refractivity contribution < 1.29 is 19.0 Å². The Morgan fingerprint density at radius 2 is 2.20 bits per heavy atom. The molecule has 2 rings (SSSR count). The first kappa shape index (κ1) is 14.6. The Balaban J connectivity index is 2.47. The van der Waals surface area contributed by atoms with Crippen LogP contribution in [-0.4, -0.2) is 35.9 Å². The predicted molar refractivity (Wildman–Crippen MR) is 74.6 cm³/mol. The predicted octanol–water partition coefficient (Wildman–Crippen LogP) is 2.11. The number of rotatable bonds is 2. The lowest BCUT2D eigenvalue weighted by Gasteiger charge is -2.43. The molecule has 0 radical (unpaired) electrons. The van der Waals surface area contributed by atoms with Gasteiger partial charge in [0.15, 0.2) is 0 Å². The van der Waals surface area contributed by atoms with E-state index in [2.05, 4.69) is 0 Å². The zero-order valence-corrected chi connectivity index (χ0v) is 11.8. The number of nitrogen functional groups attached to an aromatic ring is 1. The minimum atomic E-state index is -1.23. The monoisotopic (exact) mass is 282 g/mol. The number of ether oxygens (including phenoxy) is 1. The summed E-state index contributed by atoms with van der Waals surface area (Å²) in [5.41, 5.74) is 5.09. The summed E-state index contributed by atoms with van der Waals surface area (Å²) in [5, 5.41) is 9.29. The molecular weight excluding hydrogens is 263 g/mol. The van der Waals surface area contributed by atoms with Crippen LogP contribution >= 0.6 is 0 Å². The van der Waals surface area contributed by atoms with Crippen LogP contribution in [0.25, 0.3) is 0 Å². The molecule has 110 valence electrons. The lowest BCUT2D eigenvalue weighted by molar-refractivity contribution is -0.0750. The molecule has 1 unspecified atom stereocenters. The van der Waals surface area contributed by atoms with Gasteiger partial charge in [-0.2, -0.15) is 0 Å². The van der Waals surface area contributed by atoms with Crippen LogP contribution in [0, 0.1) is 5.82 Å². The number of hydrogen-bond acceptors (Lipinski definition) is 4. The molecule has 0 bridgehead atoms. The first-order chi connectivity index (χ1) is 9.21. The van der Waals surface area contributed by atoms with Gasteiger partial charge in [-0.25, -0.2) is 9.18 Å². The largest absolute Gasteiger partial charge is 0.478 e. The fraction of sp³-hybridized carbons (Fsp3) is 0.500. The zero-order chi connectivity index (χ0) is 15.1. The fourth-order valence-electron chi connectivity index (χ4n) is 2.71. The van der Waals surface area contributed by atoms with E-state index in [-0.39, 0.29) is 17.4 Å². The van der Waals surface area contributed by atoms with Crippen molar-refractivity contribution in [2.45, 2.75) is 32.5 Å². The number of halogens is 1. The lowest BCUT2D eigenvalue weighted by Crippen LogP contribution is -2.52. The molecule has 1 aliphatic rings. The van der Waals surface area contributed by atoms with Crippen molar-refractivity contribution >= 4 is 17.3 Å². The highest BCUT2D eigenvalue weighted by molar-refractivity contribution is 6.00. The van der Waals surface area contributed by atoms with Gasteiger partial charge in [0, 0.05) is 13.1 Å². The summed E-state index contributed by atoms with van der Waals surface area (Å²) in [7, 11) is 0. The van der Waals surface area contributed by atoms with Crippen molar-refractivity contribution in [2.24, 2.45) is 0 Å². The fourth-order valence-corrected chi connectivity index (χ4v) is 2.71. The molecule has 1 aromatic carbocycles. The summed E-state index contributed by atoms with van der Waals surface area (Å²) >= 11 is 0. The Bertz CT molecular complexity index is 545. The number of morpholine rings is 1. The molecule has 20 heavy (non-hydrogen) atoms. The number of anilines is 2. The van der Waals surface area contributed by atoms with Crippen LogP contribution in [0.3, 0.4) is 0 Å². The van der Waals surface area contributed by atoms with Gasteiger partial charge in [-0.1, -0.05) is 0 Å². The highest BCUT2D eigenvalue weighted by atomic mass is 19.1. The Morgan fingerprint density at radius 1 is 1.55 bits per heavy atom. The normalized spacial score (nSPS) is 21.8. The van der Waals surface area contributed by atoms with E-state index >= 15 is 0 Å². The first-order valence-electron chi connectivity index (χ1n) is 6.45. The van der Waals surface area contributed by atoms with Crippen molar-refractivity contribution in [1.82, 2.24) is 0 Å². The third kappa shape index (κ3) is 2.70. The molecule has 0 spiro atoms. The minimum absolute atomic E-state index is 0.0494. The van der Waals surface area contributed by atoms with Crippen LogP contribution in [-0.2, 0) is 4.74 Å². The van der Waals surface area contributed by atoms with E-state index in [0.717, 1.165) is 0 Å². The van der Waals surface area contributed by atoms with Crippen LogP contribution in [0.4, 0.5) is 15.8 Å². The molecule has 3 N–H and O–H groups in total. The summed E-state index contributed by atoms with van der Waals surface area (Å²) in [5.74, 6) is -1.94. The smallest absolute Gasteiger partial charge is 0.340 e. The van der Waals surface area contributed by atoms with Gasteiger partial charge in [-0.15, -0.1) is 0 Å². The number of nitrogens with zero attached hydrogens (tertiary/aromatic N) is 1. The van der Waals surface area contributed by atoms with Gasteiger partial charge < -0.3 is 20.5 Å². The lowest BCUT2D eigenvalue weighted by atomic mass is 10.0. The molecule has 0 aromatic heterocycles. The molecule has 0 amide bonds. The summed E-state index contributed by atoms with van der Waals surface area (Å²) in [6.07, 6.45) is -0.0494. The molecule has 1 aromatic rings. The quantitative estimate of drug-likeness (QED) is 0.812. The summed E-state index contributed by atoms with van der Waals surface area (Å²) in [6.45, 7) is 6.84. The van der Waals surface area contributed by atoms with Crippen molar-refractivity contribution in [1.29, 1.82) is 0 Å². The number of aromatic carboxylic acids is 1. The molecule has 5 nitrogen and oxygen atoms in total. The summed E-state index contributed by atoms with van der Waals surface area (Å²) in [4.78, 5) is 13.3. The Kier molecular flexibility index (Phi) is 3.60. The first-order valence-corrected chi connectivity index (χ1v) is 6.45. The Labute approximate surface area is 117 Å². The molecule has 1 fully saturated rings. The molecule has 0 aliphatic carbocycles. The van der Waals surface area contributed by atoms with Gasteiger partial charge >= 0.3 is 5.97 Å². The SMILES string of the molecule is CC1CN(c2ccc(F)c(N)c2C(=O)O)CC(C)(C)O1. The van der Waals surface area contributed by atoms with Gasteiger partial charge in [-0.3, -0.25) is 0 Å². The highest BCUT2D eigenvalue weighted by Gasteiger charge is 2.33. The molecular formula is C14H19FN2O3. The molecule has 1 heterocycles. The standard InChI is InChI=1S/C14H19FN2O3/c1-8-6-17(7-14(2,3)20-8)10-5-4-9(15)12(16)11(10)13(18)19/h4-5,8H,6-7,16H2,1-3H3,(H,18,19). The van der Waals surface area contributed by atoms with Crippen LogP contribution < -0.4 is 10.6 Å². The number of benzene rings is 1. The van der Waals surface area contributed by atoms with Crippen molar-refractivity contribution in [3.63, 3.8) is 0 Å². The van der Waals surface area contributed by atoms with E-state index in [9.17, 15) is 14.3 Å². The van der Waals surface area contributed by atoms with Gasteiger partial charge in [0.2, 0.25) is 0 Å². The molecule has 6 heteroatoms. The second-order valence-electron chi connectivity index (χ2n) is 5.73. The number of carboxylic acids is 1. The third-order valence-electron chi connectivity index (χ3n) is 3.29. The maximum absolute atomic E-state index is 13.5. The van der Waals surface area contributed by atoms with Crippen LogP contribution in [0.2, 0.25) is 0 Å². The third-order valence-corrected chi connectivity index (χ3v) is 3.29. The topological polar surface area (TPSA) is 75.8 Å². The van der Waals surface area contributed by atoms with Gasteiger partial charge in [0.25, 0.3) is 0 Å². The van der Waals surface area contributed by atoms with Crippen LogP contribution in [0.15, 0.2) is 12.1 Å². The van der Waals surface area contributed by atoms with E-state index in [1.807, 2.05) is 25.7 Å². The number of nitrogens with two attached hydrogens (primary N) is 1. The maximum Gasteiger partial charge on any atom is 0.340 e. The highest BCUT2D eigenvalue weighted by Crippen LogP contribution is 2.32. The minimum Gasteiger partial charge on any atom is -0.478 e. The Morgan fingerprint density at radius 3 is 2.75 bits per heavy atom. The van der Waals surface area contributed by atoms with E-state index < -0.39 is 17.4 Å². The van der Waals surface area contributed by atoms with E-state index in [1.165, 1.54) is 12.1 Å². The van der Waals surface area contributed by atoms with Crippen molar-refractivity contribution in [3.05, 3.63) is 23.5 Å². The van der Waals surface area contributed by atoms with E-state index in [4.69, 9.17) is 10.5 Å². The van der Waals surface area contributed by atoms with E-state index in [1.54, 1.807) is 0 Å². The zero-order valence-electron chi connectivity index (χ0n) is 11.8. The summed E-state index contributed by atoms with van der Waals surface area (Å²) in [6, 6.07) is 2.66. The molecule has 1 atom stereocenters. The number of carbonyl (C=O) groups is 1. The van der Waals surface area contributed by atoms with Gasteiger partial charge in [0.1, 0.15) is 11.4 Å².